The van der Waals surface area contributed by atoms with Gasteiger partial charge in [0.1, 0.15) is 0 Å². The molecule has 0 radical (unpaired) electrons. The molecular weight excluding hydrogens is 124 g/mol. The predicted molar refractivity (Wildman–Crippen MR) is 40.9 cm³/mol. The van der Waals surface area contributed by atoms with Crippen LogP contribution in [0.15, 0.2) is 0 Å². The Morgan fingerprint density at radius 2 is 2.10 bits per heavy atom. The summed E-state index contributed by atoms with van der Waals surface area (Å²) in [5.74, 6) is 1.05. The van der Waals surface area contributed by atoms with Gasteiger partial charge in [-0.2, -0.15) is 0 Å². The van der Waals surface area contributed by atoms with Crippen LogP contribution in [0.1, 0.15) is 32.6 Å². The van der Waals surface area contributed by atoms with Gasteiger partial charge in [-0.1, -0.05) is 13.3 Å². The highest BCUT2D eigenvalue weighted by Crippen LogP contribution is 2.60. The molecule has 2 rings (SSSR count). The first kappa shape index (κ1) is 6.66. The van der Waals surface area contributed by atoms with Gasteiger partial charge in [0.25, 0.3) is 0 Å². The molecule has 0 N–H and O–H groups in total. The minimum absolute atomic E-state index is 0.771. The van der Waals surface area contributed by atoms with E-state index in [4.69, 9.17) is 4.74 Å². The highest BCUT2D eigenvalue weighted by Gasteiger charge is 2.52. The lowest BCUT2D eigenvalue weighted by molar-refractivity contribution is 0.0518. The molecule has 1 heterocycles. The second-order valence-corrected chi connectivity index (χ2v) is 3.78. The van der Waals surface area contributed by atoms with Crippen molar-refractivity contribution in [1.29, 1.82) is 0 Å². The lowest BCUT2D eigenvalue weighted by atomic mass is 9.93. The number of hydrogen-bond donors (Lipinski definition) is 0. The van der Waals surface area contributed by atoms with Gasteiger partial charge in [-0.3, -0.25) is 0 Å². The summed E-state index contributed by atoms with van der Waals surface area (Å²) in [5, 5.41) is 0. The number of ether oxygens (including phenoxy) is 1. The molecular formula is C9H16O. The van der Waals surface area contributed by atoms with Crippen molar-refractivity contribution < 1.29 is 4.74 Å². The summed E-state index contributed by atoms with van der Waals surface area (Å²) in [6, 6.07) is 0. The minimum atomic E-state index is 0.771. The smallest absolute Gasteiger partial charge is 0.0471 e. The van der Waals surface area contributed by atoms with E-state index < -0.39 is 0 Å². The third-order valence-electron chi connectivity index (χ3n) is 3.34. The van der Waals surface area contributed by atoms with Crippen LogP contribution in [0.3, 0.4) is 0 Å². The maximum absolute atomic E-state index is 5.34. The van der Waals surface area contributed by atoms with Crippen LogP contribution in [0, 0.1) is 11.3 Å². The molecule has 0 amide bonds. The summed E-state index contributed by atoms with van der Waals surface area (Å²) in [4.78, 5) is 0. The number of rotatable bonds is 1. The zero-order chi connectivity index (χ0) is 7.03. The van der Waals surface area contributed by atoms with Gasteiger partial charge in [-0.05, 0) is 30.6 Å². The van der Waals surface area contributed by atoms with Gasteiger partial charge in [0.15, 0.2) is 0 Å². The van der Waals surface area contributed by atoms with Crippen LogP contribution in [0.4, 0.5) is 0 Å². The molecule has 1 aliphatic carbocycles. The molecule has 1 saturated carbocycles. The van der Waals surface area contributed by atoms with Crippen LogP contribution in [0.25, 0.3) is 0 Å². The molecule has 1 heteroatoms. The van der Waals surface area contributed by atoms with Gasteiger partial charge in [-0.15, -0.1) is 0 Å². The maximum Gasteiger partial charge on any atom is 0.0471 e. The summed E-state index contributed by atoms with van der Waals surface area (Å²) in [6.07, 6.45) is 5.56. The van der Waals surface area contributed by atoms with Crippen LogP contribution < -0.4 is 0 Å². The Hall–Kier alpha value is -0.0400. The molecule has 1 atom stereocenters. The Balaban J connectivity index is 1.92. The molecule has 10 heavy (non-hydrogen) atoms. The molecule has 2 aliphatic rings. The van der Waals surface area contributed by atoms with Crippen LogP contribution in [-0.2, 0) is 4.74 Å². The summed E-state index contributed by atoms with van der Waals surface area (Å²) >= 11 is 0. The van der Waals surface area contributed by atoms with Crippen molar-refractivity contribution in [3.05, 3.63) is 0 Å². The standard InChI is InChI=1S/C9H16O/c1-2-8-7-9(8)3-5-10-6-4-9/h8H,2-7H2,1H3. The highest BCUT2D eigenvalue weighted by molar-refractivity contribution is 5.02. The van der Waals surface area contributed by atoms with Gasteiger partial charge in [0.2, 0.25) is 0 Å². The average molecular weight is 140 g/mol. The molecule has 1 spiro atoms. The van der Waals surface area contributed by atoms with Crippen molar-refractivity contribution in [2.75, 3.05) is 13.2 Å². The van der Waals surface area contributed by atoms with Crippen molar-refractivity contribution in [1.82, 2.24) is 0 Å². The van der Waals surface area contributed by atoms with Crippen molar-refractivity contribution in [3.63, 3.8) is 0 Å². The lowest BCUT2D eigenvalue weighted by Crippen LogP contribution is -2.18. The first-order valence-electron chi connectivity index (χ1n) is 4.45. The second-order valence-electron chi connectivity index (χ2n) is 3.78. The van der Waals surface area contributed by atoms with Crippen molar-refractivity contribution >= 4 is 0 Å². The fourth-order valence-electron chi connectivity index (χ4n) is 2.40. The normalized spacial score (nSPS) is 36.3. The van der Waals surface area contributed by atoms with Crippen molar-refractivity contribution in [2.24, 2.45) is 11.3 Å². The van der Waals surface area contributed by atoms with E-state index in [0.717, 1.165) is 24.5 Å². The van der Waals surface area contributed by atoms with E-state index >= 15 is 0 Å². The van der Waals surface area contributed by atoms with E-state index in [1.54, 1.807) is 0 Å². The molecule has 1 aliphatic heterocycles. The van der Waals surface area contributed by atoms with Crippen LogP contribution in [0.2, 0.25) is 0 Å². The number of hydrogen-bond acceptors (Lipinski definition) is 1. The molecule has 1 unspecified atom stereocenters. The molecule has 2 fully saturated rings. The lowest BCUT2D eigenvalue weighted by Gasteiger charge is -2.22. The minimum Gasteiger partial charge on any atom is -0.381 e. The molecule has 0 bridgehead atoms. The molecule has 1 saturated heterocycles. The van der Waals surface area contributed by atoms with Crippen LogP contribution in [-0.4, -0.2) is 13.2 Å². The Labute approximate surface area is 62.8 Å². The maximum atomic E-state index is 5.34. The van der Waals surface area contributed by atoms with E-state index in [1.807, 2.05) is 0 Å². The largest absolute Gasteiger partial charge is 0.381 e. The third-order valence-corrected chi connectivity index (χ3v) is 3.34. The Bertz CT molecular complexity index is 125. The molecule has 0 aromatic carbocycles. The third kappa shape index (κ3) is 0.878. The van der Waals surface area contributed by atoms with E-state index in [9.17, 15) is 0 Å². The monoisotopic (exact) mass is 140 g/mol. The quantitative estimate of drug-likeness (QED) is 0.542. The second kappa shape index (κ2) is 2.23. The summed E-state index contributed by atoms with van der Waals surface area (Å²) in [7, 11) is 0. The average Bonchev–Trinajstić information content (AvgIpc) is 2.65. The zero-order valence-electron chi connectivity index (χ0n) is 6.73. The van der Waals surface area contributed by atoms with Gasteiger partial charge in [0, 0.05) is 13.2 Å². The fourth-order valence-corrected chi connectivity index (χ4v) is 2.40. The Kier molecular flexibility index (Phi) is 1.48. The molecule has 1 nitrogen and oxygen atoms in total. The Morgan fingerprint density at radius 3 is 2.60 bits per heavy atom. The van der Waals surface area contributed by atoms with Crippen LogP contribution in [0.5, 0.6) is 0 Å². The topological polar surface area (TPSA) is 9.23 Å². The summed E-state index contributed by atoms with van der Waals surface area (Å²) < 4.78 is 5.34. The van der Waals surface area contributed by atoms with Crippen molar-refractivity contribution in [3.8, 4) is 0 Å². The highest BCUT2D eigenvalue weighted by atomic mass is 16.5. The van der Waals surface area contributed by atoms with Gasteiger partial charge in [-0.25, -0.2) is 0 Å². The van der Waals surface area contributed by atoms with Crippen molar-refractivity contribution in [2.45, 2.75) is 32.6 Å². The van der Waals surface area contributed by atoms with E-state index in [-0.39, 0.29) is 0 Å². The predicted octanol–water partition coefficient (Wildman–Crippen LogP) is 2.21. The summed E-state index contributed by atoms with van der Waals surface area (Å²) in [6.45, 7) is 4.36. The van der Waals surface area contributed by atoms with Crippen LogP contribution >= 0.6 is 0 Å². The van der Waals surface area contributed by atoms with Gasteiger partial charge >= 0.3 is 0 Å². The van der Waals surface area contributed by atoms with E-state index in [1.165, 1.54) is 25.7 Å². The Morgan fingerprint density at radius 1 is 1.40 bits per heavy atom. The molecule has 0 aromatic heterocycles. The summed E-state index contributed by atoms with van der Waals surface area (Å²) in [5.41, 5.74) is 0.771. The van der Waals surface area contributed by atoms with E-state index in [2.05, 4.69) is 6.92 Å². The fraction of sp³-hybridized carbons (Fsp3) is 1.00. The SMILES string of the molecule is CCC1CC12CCOCC2. The van der Waals surface area contributed by atoms with Gasteiger partial charge in [0.05, 0.1) is 0 Å². The molecule has 58 valence electrons. The first-order chi connectivity index (χ1) is 4.87. The first-order valence-corrected chi connectivity index (χ1v) is 4.45. The van der Waals surface area contributed by atoms with Gasteiger partial charge < -0.3 is 4.74 Å². The zero-order valence-corrected chi connectivity index (χ0v) is 6.73. The van der Waals surface area contributed by atoms with E-state index in [0.29, 0.717) is 0 Å². The molecule has 0 aromatic rings.